The predicted octanol–water partition coefficient (Wildman–Crippen LogP) is 3.79. The van der Waals surface area contributed by atoms with Gasteiger partial charge < -0.3 is 19.1 Å². The molecule has 7 nitrogen and oxygen atoms in total. The number of carbonyl (C=O) groups excluding carboxylic acids is 1. The lowest BCUT2D eigenvalue weighted by atomic mass is 10.0. The summed E-state index contributed by atoms with van der Waals surface area (Å²) in [5, 5.41) is 8.21. The van der Waals surface area contributed by atoms with Crippen LogP contribution in [0.1, 0.15) is 23.6 Å². The molecule has 0 aliphatic heterocycles. The Bertz CT molecular complexity index is 904. The second-order valence-electron chi connectivity index (χ2n) is 5.85. The van der Waals surface area contributed by atoms with Crippen LogP contribution in [0.5, 0.6) is 0 Å². The van der Waals surface area contributed by atoms with Crippen molar-refractivity contribution in [2.45, 2.75) is 13.5 Å². The van der Waals surface area contributed by atoms with Crippen molar-refractivity contribution < 1.29 is 23.9 Å². The molecule has 2 rings (SSSR count). The average molecular weight is 396 g/mol. The Morgan fingerprint density at radius 2 is 1.66 bits per heavy atom. The molecule has 29 heavy (non-hydrogen) atoms. The van der Waals surface area contributed by atoms with Crippen molar-refractivity contribution in [1.29, 1.82) is 0 Å². The molecule has 0 aromatic heterocycles. The van der Waals surface area contributed by atoms with Gasteiger partial charge in [-0.3, -0.25) is 0 Å². The molecule has 0 atom stereocenters. The van der Waals surface area contributed by atoms with Crippen molar-refractivity contribution in [3.63, 3.8) is 0 Å². The first-order chi connectivity index (χ1) is 14.1. The molecule has 2 aromatic rings. The molecule has 0 spiro atoms. The second kappa shape index (κ2) is 11.3. The van der Waals surface area contributed by atoms with Gasteiger partial charge in [0.15, 0.2) is 0 Å². The van der Waals surface area contributed by atoms with Gasteiger partial charge in [0, 0.05) is 11.1 Å². The molecule has 0 fully saturated rings. The maximum Gasteiger partial charge on any atom is 0.341 e. The van der Waals surface area contributed by atoms with Crippen molar-refractivity contribution in [3.05, 3.63) is 77.5 Å². The smallest absolute Gasteiger partial charge is 0.341 e. The number of nitrogens with zero attached hydrogens (tertiary/aromatic N) is 2. The number of benzene rings is 2. The van der Waals surface area contributed by atoms with Crippen LogP contribution in [0.3, 0.4) is 0 Å². The fraction of sp³-hybridized carbons (Fsp3) is 0.227. The van der Waals surface area contributed by atoms with Crippen LogP contribution in [0.15, 0.2) is 71.2 Å². The molecule has 0 heterocycles. The van der Waals surface area contributed by atoms with Crippen molar-refractivity contribution in [3.8, 4) is 0 Å². The number of carbonyl (C=O) groups is 1. The van der Waals surface area contributed by atoms with Gasteiger partial charge in [-0.2, -0.15) is 0 Å². The summed E-state index contributed by atoms with van der Waals surface area (Å²) in [4.78, 5) is 22.6. The van der Waals surface area contributed by atoms with E-state index >= 15 is 0 Å². The normalized spacial score (nSPS) is 12.3. The molecule has 152 valence electrons. The van der Waals surface area contributed by atoms with E-state index in [2.05, 4.69) is 10.3 Å². The van der Waals surface area contributed by atoms with E-state index in [0.29, 0.717) is 22.6 Å². The second-order valence-corrected chi connectivity index (χ2v) is 5.85. The van der Waals surface area contributed by atoms with Crippen LogP contribution in [0.2, 0.25) is 0 Å². The van der Waals surface area contributed by atoms with Gasteiger partial charge in [0.25, 0.3) is 0 Å². The van der Waals surface area contributed by atoms with E-state index in [4.69, 9.17) is 19.1 Å². The van der Waals surface area contributed by atoms with Crippen LogP contribution < -0.4 is 0 Å². The van der Waals surface area contributed by atoms with Gasteiger partial charge in [0.05, 0.1) is 20.5 Å². The molecule has 0 saturated carbocycles. The summed E-state index contributed by atoms with van der Waals surface area (Å²) < 4.78 is 9.86. The Morgan fingerprint density at radius 1 is 0.966 bits per heavy atom. The zero-order chi connectivity index (χ0) is 21.1. The highest BCUT2D eigenvalue weighted by Crippen LogP contribution is 2.21. The van der Waals surface area contributed by atoms with Gasteiger partial charge in [-0.05, 0) is 12.5 Å². The first-order valence-corrected chi connectivity index (χ1v) is 8.85. The van der Waals surface area contributed by atoms with Crippen LogP contribution in [0.25, 0.3) is 5.57 Å². The van der Waals surface area contributed by atoms with E-state index in [1.807, 2.05) is 48.5 Å². The fourth-order valence-electron chi connectivity index (χ4n) is 2.62. The quantitative estimate of drug-likeness (QED) is 0.212. The minimum atomic E-state index is -0.502. The van der Waals surface area contributed by atoms with Gasteiger partial charge in [-0.1, -0.05) is 64.9 Å². The first-order valence-electron chi connectivity index (χ1n) is 8.85. The topological polar surface area (TPSA) is 78.7 Å². The zero-order valence-corrected chi connectivity index (χ0v) is 16.9. The Morgan fingerprint density at radius 3 is 2.31 bits per heavy atom. The Labute approximate surface area is 170 Å². The molecule has 0 amide bonds. The largest absolute Gasteiger partial charge is 0.503 e. The maximum atomic E-state index is 12.1. The van der Waals surface area contributed by atoms with Gasteiger partial charge in [0.1, 0.15) is 30.7 Å². The summed E-state index contributed by atoms with van der Waals surface area (Å²) >= 11 is 0. The van der Waals surface area contributed by atoms with Crippen LogP contribution in [-0.4, -0.2) is 38.7 Å². The minimum Gasteiger partial charge on any atom is -0.503 e. The molecule has 0 saturated heterocycles. The lowest BCUT2D eigenvalue weighted by molar-refractivity contribution is -0.133. The molecule has 0 unspecified atom stereocenters. The van der Waals surface area contributed by atoms with E-state index in [1.54, 1.807) is 13.0 Å². The predicted molar refractivity (Wildman–Crippen MR) is 111 cm³/mol. The Kier molecular flexibility index (Phi) is 8.44. The third-order valence-corrected chi connectivity index (χ3v) is 3.94. The number of hydrogen-bond donors (Lipinski definition) is 0. The zero-order valence-electron chi connectivity index (χ0n) is 16.9. The summed E-state index contributed by atoms with van der Waals surface area (Å²) in [5.74, 6) is -0.502. The average Bonchev–Trinajstić information content (AvgIpc) is 2.76. The summed E-state index contributed by atoms with van der Waals surface area (Å²) in [6.07, 6.45) is 1.35. The first kappa shape index (κ1) is 21.7. The molecule has 7 heteroatoms. The number of esters is 1. The molecular weight excluding hydrogens is 372 g/mol. The van der Waals surface area contributed by atoms with Crippen molar-refractivity contribution in [2.24, 2.45) is 10.3 Å². The van der Waals surface area contributed by atoms with Crippen LogP contribution in [-0.2, 0) is 30.6 Å². The summed E-state index contributed by atoms with van der Waals surface area (Å²) in [6, 6.07) is 16.8. The Balaban J connectivity index is 2.23. The molecule has 0 N–H and O–H groups in total. The number of hydrogen-bond acceptors (Lipinski definition) is 7. The standard InChI is InChI=1S/C22H24N2O5/c1-16(21(24-28-4)17-10-6-5-7-11-17)23-29-14-18-12-8-9-13-19(18)20(15-26-2)22(25)27-3/h5-13,15H,14H2,1-4H3/b20-15+,23-16+,24-21-. The van der Waals surface area contributed by atoms with Crippen molar-refractivity contribution in [1.82, 2.24) is 0 Å². The van der Waals surface area contributed by atoms with Crippen LogP contribution >= 0.6 is 0 Å². The third-order valence-electron chi connectivity index (χ3n) is 3.94. The van der Waals surface area contributed by atoms with Crippen LogP contribution in [0.4, 0.5) is 0 Å². The Hall–Kier alpha value is -3.61. The number of ether oxygens (including phenoxy) is 2. The molecular formula is C22H24N2O5. The highest BCUT2D eigenvalue weighted by Gasteiger charge is 2.17. The SMILES string of the molecule is CO/C=C(/C(=O)OC)c1ccccc1CO/N=C(C)/C(=N/OC)c1ccccc1. The number of methoxy groups -OCH3 is 2. The lowest BCUT2D eigenvalue weighted by Crippen LogP contribution is -2.13. The minimum absolute atomic E-state index is 0.139. The summed E-state index contributed by atoms with van der Waals surface area (Å²) in [6.45, 7) is 1.92. The van der Waals surface area contributed by atoms with Crippen molar-refractivity contribution >= 4 is 23.0 Å². The third kappa shape index (κ3) is 5.93. The fourth-order valence-corrected chi connectivity index (χ4v) is 2.62. The van der Waals surface area contributed by atoms with E-state index in [0.717, 1.165) is 11.1 Å². The molecule has 0 aliphatic rings. The highest BCUT2D eigenvalue weighted by atomic mass is 16.6. The van der Waals surface area contributed by atoms with E-state index in [1.165, 1.54) is 27.6 Å². The van der Waals surface area contributed by atoms with Gasteiger partial charge in [0.2, 0.25) is 0 Å². The van der Waals surface area contributed by atoms with E-state index in [9.17, 15) is 4.79 Å². The van der Waals surface area contributed by atoms with E-state index in [-0.39, 0.29) is 6.61 Å². The lowest BCUT2D eigenvalue weighted by Gasteiger charge is -2.11. The molecule has 0 bridgehead atoms. The number of rotatable bonds is 9. The van der Waals surface area contributed by atoms with E-state index < -0.39 is 5.97 Å². The number of oxime groups is 2. The van der Waals surface area contributed by atoms with Gasteiger partial charge in [-0.25, -0.2) is 4.79 Å². The van der Waals surface area contributed by atoms with Gasteiger partial charge >= 0.3 is 5.97 Å². The maximum absolute atomic E-state index is 12.1. The molecule has 2 aromatic carbocycles. The van der Waals surface area contributed by atoms with Crippen LogP contribution in [0, 0.1) is 0 Å². The highest BCUT2D eigenvalue weighted by molar-refractivity contribution is 6.47. The van der Waals surface area contributed by atoms with Crippen molar-refractivity contribution in [2.75, 3.05) is 21.3 Å². The summed E-state index contributed by atoms with van der Waals surface area (Å²) in [7, 11) is 4.26. The summed E-state index contributed by atoms with van der Waals surface area (Å²) in [5.41, 5.74) is 3.66. The van der Waals surface area contributed by atoms with Gasteiger partial charge in [-0.15, -0.1) is 0 Å². The molecule has 0 aliphatic carbocycles. The monoisotopic (exact) mass is 396 g/mol. The molecule has 0 radical (unpaired) electrons.